The van der Waals surface area contributed by atoms with Crippen molar-refractivity contribution in [1.29, 1.82) is 0 Å². The van der Waals surface area contributed by atoms with Crippen LogP contribution >= 0.6 is 11.6 Å². The van der Waals surface area contributed by atoms with E-state index in [4.69, 9.17) is 11.6 Å². The first-order valence-electron chi connectivity index (χ1n) is 16.1. The number of anilines is 1. The number of halogens is 2. The highest BCUT2D eigenvalue weighted by Gasteiger charge is 2.36. The molecule has 0 saturated carbocycles. The summed E-state index contributed by atoms with van der Waals surface area (Å²) >= 11 is 5.98. The van der Waals surface area contributed by atoms with Gasteiger partial charge in [-0.05, 0) is 104 Å². The maximum absolute atomic E-state index is 15.0. The number of likely N-dealkylation sites (N-methyl/N-ethyl adjacent to an activating group) is 1. The van der Waals surface area contributed by atoms with Crippen LogP contribution in [0.2, 0.25) is 5.02 Å². The summed E-state index contributed by atoms with van der Waals surface area (Å²) < 4.78 is 15.0. The van der Waals surface area contributed by atoms with Gasteiger partial charge in [0.15, 0.2) is 5.78 Å². The summed E-state index contributed by atoms with van der Waals surface area (Å²) in [5.74, 6) is -3.74. The summed E-state index contributed by atoms with van der Waals surface area (Å²) in [6.07, 6.45) is 2.67. The number of hydrogen-bond donors (Lipinski definition) is 3. The van der Waals surface area contributed by atoms with E-state index in [0.717, 1.165) is 22.8 Å². The van der Waals surface area contributed by atoms with Crippen molar-refractivity contribution in [3.05, 3.63) is 129 Å². The molecule has 0 bridgehead atoms. The second-order valence-electron chi connectivity index (χ2n) is 12.3. The Morgan fingerprint density at radius 1 is 0.961 bits per heavy atom. The van der Waals surface area contributed by atoms with Gasteiger partial charge in [0, 0.05) is 48.1 Å². The number of fused-ring (bicyclic) bond motifs is 1. The van der Waals surface area contributed by atoms with Crippen molar-refractivity contribution in [2.45, 2.75) is 19.4 Å². The molecule has 1 atom stereocenters. The highest BCUT2D eigenvalue weighted by molar-refractivity contribution is 6.31. The van der Waals surface area contributed by atoms with E-state index >= 15 is 4.39 Å². The van der Waals surface area contributed by atoms with E-state index in [9.17, 15) is 29.1 Å². The van der Waals surface area contributed by atoms with Crippen molar-refractivity contribution in [3.63, 3.8) is 0 Å². The van der Waals surface area contributed by atoms with Crippen LogP contribution in [0, 0.1) is 5.82 Å². The van der Waals surface area contributed by atoms with E-state index in [1.54, 1.807) is 24.3 Å². The third kappa shape index (κ3) is 8.39. The molecular formula is C39H36ClFN4O6. The van der Waals surface area contributed by atoms with E-state index in [0.29, 0.717) is 36.3 Å². The van der Waals surface area contributed by atoms with Crippen LogP contribution in [0.3, 0.4) is 0 Å². The predicted molar refractivity (Wildman–Crippen MR) is 193 cm³/mol. The lowest BCUT2D eigenvalue weighted by Crippen LogP contribution is -2.45. The Labute approximate surface area is 299 Å². The van der Waals surface area contributed by atoms with Gasteiger partial charge < -0.3 is 25.5 Å². The smallest absolute Gasteiger partial charge is 0.335 e. The average molecular weight is 711 g/mol. The second kappa shape index (κ2) is 15.9. The van der Waals surface area contributed by atoms with Gasteiger partial charge in [-0.1, -0.05) is 41.9 Å². The molecule has 0 radical (unpaired) electrons. The number of amides is 3. The third-order valence-electron chi connectivity index (χ3n) is 8.56. The molecule has 0 aromatic heterocycles. The van der Waals surface area contributed by atoms with Crippen LogP contribution in [0.5, 0.6) is 0 Å². The Morgan fingerprint density at radius 3 is 2.29 bits per heavy atom. The Kier molecular flexibility index (Phi) is 11.4. The summed E-state index contributed by atoms with van der Waals surface area (Å²) in [6, 6.07) is 19.7. The number of ketones is 1. The normalized spacial score (nSPS) is 13.9. The van der Waals surface area contributed by atoms with Crippen LogP contribution in [-0.2, 0) is 16.0 Å². The zero-order valence-electron chi connectivity index (χ0n) is 28.2. The number of nitrogens with zero attached hydrogens (tertiary/aromatic N) is 2. The first kappa shape index (κ1) is 36.6. The summed E-state index contributed by atoms with van der Waals surface area (Å²) in [5.41, 5.74) is 3.79. The minimum atomic E-state index is -1.14. The number of hydrogen-bond acceptors (Lipinski definition) is 6. The number of carbonyl (C=O) groups excluding carboxylic acids is 4. The molecule has 3 amide bonds. The molecule has 5 rings (SSSR count). The molecule has 0 saturated heterocycles. The topological polar surface area (TPSA) is 136 Å². The number of carboxylic acid groups (broad SMARTS) is 1. The van der Waals surface area contributed by atoms with Crippen molar-refractivity contribution >= 4 is 52.8 Å². The fourth-order valence-electron chi connectivity index (χ4n) is 5.95. The van der Waals surface area contributed by atoms with Gasteiger partial charge >= 0.3 is 5.97 Å². The SMILES string of the molecule is CC(=O)c1ccc(Cl)c(F)c1C=CC(=O)N1CCc2c(-c3ccc(C(=O)NCCN(C)C)cc3)cccc2[C@@H]1C(=O)Nc1ccc(C(=O)O)cc1. The minimum absolute atomic E-state index is 0.0397. The van der Waals surface area contributed by atoms with E-state index in [2.05, 4.69) is 10.6 Å². The van der Waals surface area contributed by atoms with Gasteiger partial charge in [-0.2, -0.15) is 0 Å². The van der Waals surface area contributed by atoms with Crippen molar-refractivity contribution < 1.29 is 33.5 Å². The molecule has 10 nitrogen and oxygen atoms in total. The fourth-order valence-corrected chi connectivity index (χ4v) is 6.11. The Hall–Kier alpha value is -5.65. The lowest BCUT2D eigenvalue weighted by atomic mass is 9.85. The first-order valence-corrected chi connectivity index (χ1v) is 16.5. The lowest BCUT2D eigenvalue weighted by molar-refractivity contribution is -0.135. The molecule has 3 N–H and O–H groups in total. The zero-order chi connectivity index (χ0) is 36.8. The van der Waals surface area contributed by atoms with Crippen molar-refractivity contribution in [2.24, 2.45) is 0 Å². The number of Topliss-reactive ketones (excluding diaryl/α,β-unsaturated/α-hetero) is 1. The number of benzene rings is 4. The standard InChI is InChI=1S/C39H36ClFN4O6/c1-23(46)28-15-17-33(40)35(41)31(28)16-18-34(47)45-21-19-30-29(24-7-9-25(10-8-24)37(48)42-20-22-44(2)3)5-4-6-32(30)36(45)38(49)43-27-13-11-26(12-14-27)39(50)51/h4-18,36H,19-22H2,1-3H3,(H,42,48)(H,43,49)(H,50,51)/t36-/m1/s1. The van der Waals surface area contributed by atoms with E-state index in [-0.39, 0.29) is 34.2 Å². The number of aromatic carboxylic acids is 1. The van der Waals surface area contributed by atoms with E-state index in [1.165, 1.54) is 54.3 Å². The number of nitrogens with one attached hydrogen (secondary N) is 2. The van der Waals surface area contributed by atoms with Gasteiger partial charge in [-0.15, -0.1) is 0 Å². The molecule has 0 fully saturated rings. The molecule has 0 spiro atoms. The minimum Gasteiger partial charge on any atom is -0.478 e. The molecule has 0 unspecified atom stereocenters. The summed E-state index contributed by atoms with van der Waals surface area (Å²) in [4.78, 5) is 67.4. The molecule has 1 aliphatic heterocycles. The number of carboxylic acids is 1. The predicted octanol–water partition coefficient (Wildman–Crippen LogP) is 6.12. The summed E-state index contributed by atoms with van der Waals surface area (Å²) in [7, 11) is 3.85. The van der Waals surface area contributed by atoms with Gasteiger partial charge in [-0.25, -0.2) is 9.18 Å². The van der Waals surface area contributed by atoms with Crippen LogP contribution in [0.1, 0.15) is 60.7 Å². The maximum Gasteiger partial charge on any atom is 0.335 e. The first-order chi connectivity index (χ1) is 24.3. The van der Waals surface area contributed by atoms with Gasteiger partial charge in [0.1, 0.15) is 11.9 Å². The zero-order valence-corrected chi connectivity index (χ0v) is 29.0. The average Bonchev–Trinajstić information content (AvgIpc) is 3.11. The number of rotatable bonds is 11. The van der Waals surface area contributed by atoms with Gasteiger partial charge in [0.25, 0.3) is 11.8 Å². The van der Waals surface area contributed by atoms with Crippen LogP contribution in [0.15, 0.2) is 84.9 Å². The fraction of sp³-hybridized carbons (Fsp3) is 0.205. The Morgan fingerprint density at radius 2 is 1.65 bits per heavy atom. The Balaban J connectivity index is 1.49. The molecule has 51 heavy (non-hydrogen) atoms. The quantitative estimate of drug-likeness (QED) is 0.126. The largest absolute Gasteiger partial charge is 0.478 e. The molecule has 12 heteroatoms. The van der Waals surface area contributed by atoms with Crippen molar-refractivity contribution in [2.75, 3.05) is 39.0 Å². The van der Waals surface area contributed by atoms with Crippen LogP contribution in [-0.4, -0.2) is 78.1 Å². The van der Waals surface area contributed by atoms with E-state index < -0.39 is 35.4 Å². The van der Waals surface area contributed by atoms with Crippen molar-refractivity contribution in [3.8, 4) is 11.1 Å². The highest BCUT2D eigenvalue weighted by atomic mass is 35.5. The molecule has 1 aliphatic rings. The van der Waals surface area contributed by atoms with Crippen LogP contribution < -0.4 is 10.6 Å². The van der Waals surface area contributed by atoms with Gasteiger partial charge in [0.05, 0.1) is 10.6 Å². The Bertz CT molecular complexity index is 2030. The molecule has 4 aromatic rings. The number of carbonyl (C=O) groups is 5. The molecule has 1 heterocycles. The summed E-state index contributed by atoms with van der Waals surface area (Å²) in [6.45, 7) is 2.60. The van der Waals surface area contributed by atoms with Gasteiger partial charge in [-0.3, -0.25) is 19.2 Å². The lowest BCUT2D eigenvalue weighted by Gasteiger charge is -2.37. The molecule has 262 valence electrons. The molecule has 4 aromatic carbocycles. The molecular weight excluding hydrogens is 675 g/mol. The van der Waals surface area contributed by atoms with Gasteiger partial charge in [0.2, 0.25) is 5.91 Å². The van der Waals surface area contributed by atoms with E-state index in [1.807, 2.05) is 37.2 Å². The second-order valence-corrected chi connectivity index (χ2v) is 12.7. The molecule has 0 aliphatic carbocycles. The highest BCUT2D eigenvalue weighted by Crippen LogP contribution is 2.37. The van der Waals surface area contributed by atoms with Crippen LogP contribution in [0.25, 0.3) is 17.2 Å². The van der Waals surface area contributed by atoms with Crippen molar-refractivity contribution in [1.82, 2.24) is 15.1 Å². The third-order valence-corrected chi connectivity index (χ3v) is 8.85. The maximum atomic E-state index is 15.0. The summed E-state index contributed by atoms with van der Waals surface area (Å²) in [5, 5.41) is 14.8. The monoisotopic (exact) mass is 710 g/mol. The van der Waals surface area contributed by atoms with Crippen LogP contribution in [0.4, 0.5) is 10.1 Å².